The van der Waals surface area contributed by atoms with E-state index in [0.717, 1.165) is 10.9 Å². The SMILES string of the molecule is Cc1sc(C)c2sc(C(=O)Nc3ccc(CC4NC(=O)NC4=O)cc3)cc12. The van der Waals surface area contributed by atoms with Crippen molar-refractivity contribution in [1.82, 2.24) is 10.6 Å². The number of thiophene rings is 2. The molecule has 8 heteroatoms. The molecule has 6 nitrogen and oxygen atoms in total. The van der Waals surface area contributed by atoms with E-state index in [9.17, 15) is 14.4 Å². The molecule has 3 N–H and O–H groups in total. The number of aryl methyl sites for hydroxylation is 2. The van der Waals surface area contributed by atoms with E-state index in [0.29, 0.717) is 17.0 Å². The minimum atomic E-state index is -0.553. The number of carbonyl (C=O) groups excluding carboxylic acids is 3. The van der Waals surface area contributed by atoms with Crippen LogP contribution in [-0.4, -0.2) is 23.9 Å². The fourth-order valence-corrected chi connectivity index (χ4v) is 5.37. The van der Waals surface area contributed by atoms with Crippen LogP contribution in [0.5, 0.6) is 0 Å². The van der Waals surface area contributed by atoms with Gasteiger partial charge in [-0.2, -0.15) is 0 Å². The smallest absolute Gasteiger partial charge is 0.322 e. The van der Waals surface area contributed by atoms with E-state index >= 15 is 0 Å². The van der Waals surface area contributed by atoms with Crippen molar-refractivity contribution in [3.05, 3.63) is 50.5 Å². The van der Waals surface area contributed by atoms with Gasteiger partial charge in [-0.25, -0.2) is 4.79 Å². The van der Waals surface area contributed by atoms with Crippen LogP contribution in [0.4, 0.5) is 10.5 Å². The van der Waals surface area contributed by atoms with Crippen LogP contribution >= 0.6 is 22.7 Å². The lowest BCUT2D eigenvalue weighted by Crippen LogP contribution is -2.31. The van der Waals surface area contributed by atoms with Gasteiger partial charge in [-0.15, -0.1) is 22.7 Å². The van der Waals surface area contributed by atoms with Gasteiger partial charge in [0.25, 0.3) is 11.8 Å². The lowest BCUT2D eigenvalue weighted by Gasteiger charge is -2.08. The first-order valence-corrected chi connectivity index (χ1v) is 10.0. The van der Waals surface area contributed by atoms with Crippen molar-refractivity contribution in [3.8, 4) is 0 Å². The molecule has 0 aliphatic carbocycles. The molecule has 1 fully saturated rings. The molecule has 1 aromatic carbocycles. The molecule has 4 rings (SSSR count). The number of urea groups is 1. The highest BCUT2D eigenvalue weighted by atomic mass is 32.1. The summed E-state index contributed by atoms with van der Waals surface area (Å²) in [4.78, 5) is 38.5. The van der Waals surface area contributed by atoms with E-state index in [-0.39, 0.29) is 11.8 Å². The van der Waals surface area contributed by atoms with Crippen LogP contribution in [0, 0.1) is 13.8 Å². The van der Waals surface area contributed by atoms with Gasteiger partial charge in [0, 0.05) is 31.9 Å². The van der Waals surface area contributed by atoms with E-state index in [4.69, 9.17) is 0 Å². The Morgan fingerprint density at radius 3 is 2.48 bits per heavy atom. The first-order valence-electron chi connectivity index (χ1n) is 8.42. The zero-order valence-corrected chi connectivity index (χ0v) is 16.3. The highest BCUT2D eigenvalue weighted by Crippen LogP contribution is 2.36. The number of amides is 4. The molecule has 0 radical (unpaired) electrons. The Kier molecular flexibility index (Phi) is 4.45. The number of rotatable bonds is 4. The maximum Gasteiger partial charge on any atom is 0.322 e. The topological polar surface area (TPSA) is 87.3 Å². The summed E-state index contributed by atoms with van der Waals surface area (Å²) in [6.07, 6.45) is 0.408. The van der Waals surface area contributed by atoms with Crippen molar-refractivity contribution in [3.63, 3.8) is 0 Å². The van der Waals surface area contributed by atoms with Crippen molar-refractivity contribution < 1.29 is 14.4 Å². The summed E-state index contributed by atoms with van der Waals surface area (Å²) in [5.74, 6) is -0.448. The maximum absolute atomic E-state index is 12.5. The van der Waals surface area contributed by atoms with Crippen LogP contribution in [0.2, 0.25) is 0 Å². The second kappa shape index (κ2) is 6.79. The molecule has 1 atom stereocenters. The number of imide groups is 1. The molecule has 0 bridgehead atoms. The summed E-state index contributed by atoms with van der Waals surface area (Å²) >= 11 is 3.26. The summed E-state index contributed by atoms with van der Waals surface area (Å²) in [5.41, 5.74) is 1.59. The summed E-state index contributed by atoms with van der Waals surface area (Å²) in [7, 11) is 0. The molecule has 1 aliphatic heterocycles. The van der Waals surface area contributed by atoms with Crippen LogP contribution in [-0.2, 0) is 11.2 Å². The lowest BCUT2D eigenvalue weighted by molar-refractivity contribution is -0.120. The molecule has 0 spiro atoms. The first-order chi connectivity index (χ1) is 12.9. The average molecular weight is 399 g/mol. The van der Waals surface area contributed by atoms with Crippen LogP contribution in [0.25, 0.3) is 10.1 Å². The summed E-state index contributed by atoms with van der Waals surface area (Å²) in [6, 6.07) is 8.21. The fourth-order valence-electron chi connectivity index (χ4n) is 3.11. The number of fused-ring (bicyclic) bond motifs is 1. The number of hydrogen-bond donors (Lipinski definition) is 3. The van der Waals surface area contributed by atoms with Crippen LogP contribution in [0.3, 0.4) is 0 Å². The van der Waals surface area contributed by atoms with Gasteiger partial charge in [-0.1, -0.05) is 12.1 Å². The first kappa shape index (κ1) is 17.7. The zero-order chi connectivity index (χ0) is 19.1. The molecular weight excluding hydrogens is 382 g/mol. The summed E-state index contributed by atoms with van der Waals surface area (Å²) in [5, 5.41) is 8.85. The van der Waals surface area contributed by atoms with Gasteiger partial charge in [-0.3, -0.25) is 14.9 Å². The third-order valence-electron chi connectivity index (χ3n) is 4.47. The zero-order valence-electron chi connectivity index (χ0n) is 14.7. The van der Waals surface area contributed by atoms with Gasteiger partial charge in [0.15, 0.2) is 0 Å². The number of anilines is 1. The van der Waals surface area contributed by atoms with Gasteiger partial charge in [-0.05, 0) is 37.6 Å². The number of nitrogens with one attached hydrogen (secondary N) is 3. The molecule has 3 aromatic rings. The van der Waals surface area contributed by atoms with E-state index in [1.807, 2.05) is 18.2 Å². The second-order valence-corrected chi connectivity index (χ2v) is 8.92. The van der Waals surface area contributed by atoms with Crippen molar-refractivity contribution in [2.75, 3.05) is 5.32 Å². The Balaban J connectivity index is 1.44. The number of carbonyl (C=O) groups is 3. The van der Waals surface area contributed by atoms with Gasteiger partial charge in [0.05, 0.1) is 4.88 Å². The molecule has 0 saturated carbocycles. The Labute approximate surface area is 163 Å². The maximum atomic E-state index is 12.5. The predicted octanol–water partition coefficient (Wildman–Crippen LogP) is 3.58. The Morgan fingerprint density at radius 2 is 1.85 bits per heavy atom. The van der Waals surface area contributed by atoms with Gasteiger partial charge in [0.2, 0.25) is 0 Å². The standard InChI is InChI=1S/C19H17N3O3S2/c1-9-13-8-15(27-16(13)10(2)26-9)18(24)20-12-5-3-11(4-6-12)7-14-17(23)22-19(25)21-14/h3-6,8,14H,7H2,1-2H3,(H,20,24)(H2,21,22,23,25). The molecule has 138 valence electrons. The van der Waals surface area contributed by atoms with Crippen molar-refractivity contribution in [1.29, 1.82) is 0 Å². The Hall–Kier alpha value is -2.71. The van der Waals surface area contributed by atoms with E-state index < -0.39 is 12.1 Å². The quantitative estimate of drug-likeness (QED) is 0.586. The normalized spacial score (nSPS) is 16.4. The average Bonchev–Trinajstić information content (AvgIpc) is 3.27. The molecule has 4 amide bonds. The largest absolute Gasteiger partial charge is 0.326 e. The minimum absolute atomic E-state index is 0.129. The number of hydrogen-bond acceptors (Lipinski definition) is 5. The minimum Gasteiger partial charge on any atom is -0.326 e. The Bertz CT molecular complexity index is 1030. The van der Waals surface area contributed by atoms with E-state index in [1.54, 1.807) is 23.5 Å². The van der Waals surface area contributed by atoms with Gasteiger partial charge in [0.1, 0.15) is 6.04 Å². The van der Waals surface area contributed by atoms with Crippen molar-refractivity contribution >= 4 is 56.3 Å². The second-order valence-electron chi connectivity index (χ2n) is 6.44. The number of benzene rings is 1. The highest BCUT2D eigenvalue weighted by molar-refractivity contribution is 7.25. The molecular formula is C19H17N3O3S2. The Morgan fingerprint density at radius 1 is 1.11 bits per heavy atom. The summed E-state index contributed by atoms with van der Waals surface area (Å²) in [6.45, 7) is 4.14. The van der Waals surface area contributed by atoms with E-state index in [1.165, 1.54) is 25.8 Å². The van der Waals surface area contributed by atoms with Gasteiger partial charge >= 0.3 is 6.03 Å². The molecule has 2 aromatic heterocycles. The monoisotopic (exact) mass is 399 g/mol. The highest BCUT2D eigenvalue weighted by Gasteiger charge is 2.29. The van der Waals surface area contributed by atoms with Crippen LogP contribution < -0.4 is 16.0 Å². The molecule has 1 saturated heterocycles. The van der Waals surface area contributed by atoms with Crippen molar-refractivity contribution in [2.24, 2.45) is 0 Å². The molecule has 1 unspecified atom stereocenters. The third-order valence-corrected chi connectivity index (χ3v) is 6.89. The van der Waals surface area contributed by atoms with Gasteiger partial charge < -0.3 is 10.6 Å². The predicted molar refractivity (Wildman–Crippen MR) is 108 cm³/mol. The van der Waals surface area contributed by atoms with E-state index in [2.05, 4.69) is 29.8 Å². The molecule has 27 heavy (non-hydrogen) atoms. The fraction of sp³-hybridized carbons (Fsp3) is 0.211. The lowest BCUT2D eigenvalue weighted by atomic mass is 10.1. The van der Waals surface area contributed by atoms with Crippen molar-refractivity contribution in [2.45, 2.75) is 26.3 Å². The van der Waals surface area contributed by atoms with Crippen LogP contribution in [0.15, 0.2) is 30.3 Å². The van der Waals surface area contributed by atoms with Crippen LogP contribution in [0.1, 0.15) is 25.0 Å². The third kappa shape index (κ3) is 3.45. The molecule has 3 heterocycles. The summed E-state index contributed by atoms with van der Waals surface area (Å²) < 4.78 is 1.18. The molecule has 1 aliphatic rings.